The lowest BCUT2D eigenvalue weighted by molar-refractivity contribution is -0.122. The largest absolute Gasteiger partial charge is 0.385 e. The first kappa shape index (κ1) is 18.7. The number of carbonyl (C=O) groups is 2. The van der Waals surface area contributed by atoms with Gasteiger partial charge in [-0.3, -0.25) is 14.5 Å². The van der Waals surface area contributed by atoms with Crippen LogP contribution in [0.4, 0.5) is 0 Å². The summed E-state index contributed by atoms with van der Waals surface area (Å²) in [7, 11) is 1.64. The van der Waals surface area contributed by atoms with Gasteiger partial charge in [-0.15, -0.1) is 0 Å². The van der Waals surface area contributed by atoms with Crippen molar-refractivity contribution in [2.75, 3.05) is 53.0 Å². The normalized spacial score (nSPS) is 15.3. The highest BCUT2D eigenvalue weighted by molar-refractivity contribution is 6.30. The quantitative estimate of drug-likeness (QED) is 0.749. The van der Waals surface area contributed by atoms with Gasteiger partial charge in [-0.05, 0) is 24.6 Å². The van der Waals surface area contributed by atoms with Gasteiger partial charge in [-0.1, -0.05) is 17.7 Å². The molecule has 1 aliphatic heterocycles. The van der Waals surface area contributed by atoms with Crippen LogP contribution in [0.1, 0.15) is 16.8 Å². The number of hydrogen-bond acceptors (Lipinski definition) is 4. The maximum atomic E-state index is 12.4. The van der Waals surface area contributed by atoms with Gasteiger partial charge in [0.1, 0.15) is 0 Å². The van der Waals surface area contributed by atoms with Crippen LogP contribution >= 0.6 is 11.6 Å². The minimum Gasteiger partial charge on any atom is -0.385 e. The van der Waals surface area contributed by atoms with Crippen LogP contribution in [-0.4, -0.2) is 74.6 Å². The number of hydrogen-bond donors (Lipinski definition) is 1. The summed E-state index contributed by atoms with van der Waals surface area (Å²) in [5.41, 5.74) is 0.604. The second-order valence-corrected chi connectivity index (χ2v) is 6.21. The number of ether oxygens (including phenoxy) is 1. The zero-order chi connectivity index (χ0) is 17.4. The number of rotatable bonds is 7. The second-order valence-electron chi connectivity index (χ2n) is 5.78. The predicted octanol–water partition coefficient (Wildman–Crippen LogP) is 1.25. The van der Waals surface area contributed by atoms with Crippen molar-refractivity contribution >= 4 is 23.4 Å². The maximum absolute atomic E-state index is 12.4. The van der Waals surface area contributed by atoms with E-state index in [9.17, 15) is 9.59 Å². The average Bonchev–Trinajstić information content (AvgIpc) is 2.59. The third-order valence-corrected chi connectivity index (χ3v) is 4.18. The van der Waals surface area contributed by atoms with Gasteiger partial charge in [0.2, 0.25) is 5.91 Å². The van der Waals surface area contributed by atoms with Gasteiger partial charge < -0.3 is 15.0 Å². The second kappa shape index (κ2) is 9.61. The zero-order valence-electron chi connectivity index (χ0n) is 14.0. The molecule has 1 heterocycles. The first-order valence-electron chi connectivity index (χ1n) is 8.13. The van der Waals surface area contributed by atoms with E-state index < -0.39 is 0 Å². The van der Waals surface area contributed by atoms with Crippen molar-refractivity contribution in [1.29, 1.82) is 0 Å². The Morgan fingerprint density at radius 2 is 2.00 bits per heavy atom. The first-order chi connectivity index (χ1) is 11.6. The van der Waals surface area contributed by atoms with Gasteiger partial charge in [0.05, 0.1) is 6.54 Å². The molecule has 1 fully saturated rings. The van der Waals surface area contributed by atoms with Crippen LogP contribution in [0.15, 0.2) is 24.3 Å². The summed E-state index contributed by atoms with van der Waals surface area (Å²) in [6, 6.07) is 6.99. The van der Waals surface area contributed by atoms with Gasteiger partial charge in [-0.25, -0.2) is 0 Å². The van der Waals surface area contributed by atoms with Crippen molar-refractivity contribution in [1.82, 2.24) is 15.1 Å². The summed E-state index contributed by atoms with van der Waals surface area (Å²) in [5.74, 6) is 0.00175. The lowest BCUT2D eigenvalue weighted by atomic mass is 10.2. The molecule has 1 saturated heterocycles. The molecule has 0 unspecified atom stereocenters. The zero-order valence-corrected chi connectivity index (χ0v) is 14.7. The molecule has 1 aliphatic rings. The number of nitrogens with zero attached hydrogens (tertiary/aromatic N) is 2. The Balaban J connectivity index is 1.73. The van der Waals surface area contributed by atoms with E-state index in [-0.39, 0.29) is 11.8 Å². The minimum absolute atomic E-state index is 0.0128. The Kier molecular flexibility index (Phi) is 7.49. The third kappa shape index (κ3) is 5.78. The molecular weight excluding hydrogens is 330 g/mol. The molecule has 0 spiro atoms. The van der Waals surface area contributed by atoms with E-state index in [1.807, 2.05) is 0 Å². The lowest BCUT2D eigenvalue weighted by Gasteiger charge is -2.34. The van der Waals surface area contributed by atoms with E-state index in [1.54, 1.807) is 36.3 Å². The van der Waals surface area contributed by atoms with Crippen LogP contribution in [0.25, 0.3) is 0 Å². The molecular formula is C17H24ClN3O3. The molecule has 7 heteroatoms. The molecule has 0 bridgehead atoms. The van der Waals surface area contributed by atoms with E-state index in [4.69, 9.17) is 16.3 Å². The van der Waals surface area contributed by atoms with Gasteiger partial charge in [0.15, 0.2) is 0 Å². The van der Waals surface area contributed by atoms with Crippen molar-refractivity contribution < 1.29 is 14.3 Å². The predicted molar refractivity (Wildman–Crippen MR) is 93.3 cm³/mol. The fourth-order valence-corrected chi connectivity index (χ4v) is 2.81. The van der Waals surface area contributed by atoms with E-state index in [0.29, 0.717) is 56.5 Å². The Bertz CT molecular complexity index is 560. The monoisotopic (exact) mass is 353 g/mol. The van der Waals surface area contributed by atoms with Crippen LogP contribution < -0.4 is 5.32 Å². The van der Waals surface area contributed by atoms with Crippen molar-refractivity contribution in [3.63, 3.8) is 0 Å². The number of amides is 2. The number of piperazine rings is 1. The number of benzene rings is 1. The summed E-state index contributed by atoms with van der Waals surface area (Å²) in [6.45, 7) is 4.25. The van der Waals surface area contributed by atoms with Gasteiger partial charge in [0, 0.05) is 57.0 Å². The average molecular weight is 354 g/mol. The van der Waals surface area contributed by atoms with Crippen LogP contribution in [0.2, 0.25) is 5.02 Å². The summed E-state index contributed by atoms with van der Waals surface area (Å²) in [6.07, 6.45) is 0.810. The third-order valence-electron chi connectivity index (χ3n) is 3.95. The first-order valence-corrected chi connectivity index (χ1v) is 8.51. The summed E-state index contributed by atoms with van der Waals surface area (Å²) < 4.78 is 4.94. The highest BCUT2D eigenvalue weighted by Crippen LogP contribution is 2.14. The van der Waals surface area contributed by atoms with Gasteiger partial charge in [0.25, 0.3) is 5.91 Å². The van der Waals surface area contributed by atoms with E-state index in [1.165, 1.54) is 0 Å². The van der Waals surface area contributed by atoms with Crippen LogP contribution in [0.3, 0.4) is 0 Å². The molecule has 132 valence electrons. The van der Waals surface area contributed by atoms with Gasteiger partial charge >= 0.3 is 0 Å². The number of methoxy groups -OCH3 is 1. The van der Waals surface area contributed by atoms with Crippen molar-refractivity contribution in [2.45, 2.75) is 6.42 Å². The fraction of sp³-hybridized carbons (Fsp3) is 0.529. The van der Waals surface area contributed by atoms with Crippen molar-refractivity contribution in [3.8, 4) is 0 Å². The van der Waals surface area contributed by atoms with E-state index in [2.05, 4.69) is 10.2 Å². The summed E-state index contributed by atoms with van der Waals surface area (Å²) in [4.78, 5) is 28.2. The molecule has 0 atom stereocenters. The molecule has 0 aliphatic carbocycles. The molecule has 2 rings (SSSR count). The fourth-order valence-electron chi connectivity index (χ4n) is 2.62. The van der Waals surface area contributed by atoms with Crippen LogP contribution in [-0.2, 0) is 9.53 Å². The molecule has 24 heavy (non-hydrogen) atoms. The molecule has 6 nitrogen and oxygen atoms in total. The molecule has 0 saturated carbocycles. The van der Waals surface area contributed by atoms with Gasteiger partial charge in [-0.2, -0.15) is 0 Å². The van der Waals surface area contributed by atoms with Crippen LogP contribution in [0, 0.1) is 0 Å². The van der Waals surface area contributed by atoms with E-state index >= 15 is 0 Å². The smallest absolute Gasteiger partial charge is 0.253 e. The topological polar surface area (TPSA) is 61.9 Å². The Labute approximate surface area is 147 Å². The SMILES string of the molecule is COCCCNC(=O)CN1CCN(C(=O)c2cccc(Cl)c2)CC1. The molecule has 1 N–H and O–H groups in total. The minimum atomic E-state index is -0.0128. The van der Waals surface area contributed by atoms with E-state index in [0.717, 1.165) is 6.42 Å². The van der Waals surface area contributed by atoms with Crippen molar-refractivity contribution in [2.24, 2.45) is 0 Å². The number of nitrogens with one attached hydrogen (secondary N) is 1. The highest BCUT2D eigenvalue weighted by Gasteiger charge is 2.23. The molecule has 1 aromatic rings. The standard InChI is InChI=1S/C17H24ClN3O3/c1-24-11-3-6-19-16(22)13-20-7-9-21(10-8-20)17(23)14-4-2-5-15(18)12-14/h2,4-5,12H,3,6-11,13H2,1H3,(H,19,22). The lowest BCUT2D eigenvalue weighted by Crippen LogP contribution is -2.51. The highest BCUT2D eigenvalue weighted by atomic mass is 35.5. The maximum Gasteiger partial charge on any atom is 0.253 e. The van der Waals surface area contributed by atoms with Crippen molar-refractivity contribution in [3.05, 3.63) is 34.9 Å². The molecule has 2 amide bonds. The van der Waals surface area contributed by atoms with Crippen LogP contribution in [0.5, 0.6) is 0 Å². The Morgan fingerprint density at radius 3 is 2.67 bits per heavy atom. The Hall–Kier alpha value is -1.63. The molecule has 0 radical (unpaired) electrons. The number of carbonyl (C=O) groups excluding carboxylic acids is 2. The Morgan fingerprint density at radius 1 is 1.25 bits per heavy atom. The summed E-state index contributed by atoms with van der Waals surface area (Å²) >= 11 is 5.94. The summed E-state index contributed by atoms with van der Waals surface area (Å²) in [5, 5.41) is 3.43. The number of halogens is 1. The molecule has 0 aromatic heterocycles. The molecule has 1 aromatic carbocycles.